The lowest BCUT2D eigenvalue weighted by molar-refractivity contribution is -0.142. The predicted molar refractivity (Wildman–Crippen MR) is 37.5 cm³/mol. The van der Waals surface area contributed by atoms with E-state index in [4.69, 9.17) is 5.11 Å². The van der Waals surface area contributed by atoms with Gasteiger partial charge in [-0.25, -0.2) is 0 Å². The topological polar surface area (TPSA) is 49.3 Å². The molecular weight excluding hydrogens is 130 g/mol. The molecule has 1 heterocycles. The summed E-state index contributed by atoms with van der Waals surface area (Å²) in [5.41, 5.74) is 0.846. The highest BCUT2D eigenvalue weighted by atomic mass is 16.4. The third-order valence-corrected chi connectivity index (χ3v) is 1.71. The SMILES string of the molecule is C=C1CC(C(=O)O)CCN1. The van der Waals surface area contributed by atoms with E-state index in [1.54, 1.807) is 0 Å². The molecule has 1 aliphatic heterocycles. The normalized spacial score (nSPS) is 25.6. The standard InChI is InChI=1S/C7H11NO2/c1-5-4-6(7(9)10)2-3-8-5/h6,8H,1-4H2,(H,9,10). The highest BCUT2D eigenvalue weighted by Crippen LogP contribution is 2.16. The predicted octanol–water partition coefficient (Wildman–Crippen LogP) is 0.584. The van der Waals surface area contributed by atoms with Crippen LogP contribution in [0, 0.1) is 5.92 Å². The molecule has 1 saturated heterocycles. The fraction of sp³-hybridized carbons (Fsp3) is 0.571. The van der Waals surface area contributed by atoms with Crippen LogP contribution in [0.4, 0.5) is 0 Å². The lowest BCUT2D eigenvalue weighted by Crippen LogP contribution is -2.29. The van der Waals surface area contributed by atoms with Crippen LogP contribution in [0.3, 0.4) is 0 Å². The van der Waals surface area contributed by atoms with Crippen molar-refractivity contribution in [1.29, 1.82) is 0 Å². The summed E-state index contributed by atoms with van der Waals surface area (Å²) in [5, 5.41) is 11.6. The number of allylic oxidation sites excluding steroid dienone is 1. The summed E-state index contributed by atoms with van der Waals surface area (Å²) in [4.78, 5) is 10.4. The van der Waals surface area contributed by atoms with E-state index in [1.807, 2.05) is 0 Å². The van der Waals surface area contributed by atoms with E-state index in [-0.39, 0.29) is 5.92 Å². The van der Waals surface area contributed by atoms with E-state index in [9.17, 15) is 4.79 Å². The number of hydrogen-bond acceptors (Lipinski definition) is 2. The van der Waals surface area contributed by atoms with Crippen LogP contribution in [0.5, 0.6) is 0 Å². The number of carbonyl (C=O) groups is 1. The Morgan fingerprint density at radius 2 is 2.50 bits per heavy atom. The molecule has 0 bridgehead atoms. The van der Waals surface area contributed by atoms with Gasteiger partial charge in [-0.1, -0.05) is 6.58 Å². The van der Waals surface area contributed by atoms with Gasteiger partial charge in [-0.2, -0.15) is 0 Å². The van der Waals surface area contributed by atoms with Crippen molar-refractivity contribution < 1.29 is 9.90 Å². The molecule has 0 aromatic heterocycles. The second-order valence-corrected chi connectivity index (χ2v) is 2.56. The summed E-state index contributed by atoms with van der Waals surface area (Å²) < 4.78 is 0. The van der Waals surface area contributed by atoms with E-state index >= 15 is 0 Å². The monoisotopic (exact) mass is 141 g/mol. The fourth-order valence-electron chi connectivity index (χ4n) is 1.11. The molecule has 1 fully saturated rings. The van der Waals surface area contributed by atoms with Crippen LogP contribution >= 0.6 is 0 Å². The van der Waals surface area contributed by atoms with Gasteiger partial charge in [0.15, 0.2) is 0 Å². The first-order valence-corrected chi connectivity index (χ1v) is 3.34. The first-order chi connectivity index (χ1) is 4.70. The van der Waals surface area contributed by atoms with Crippen LogP contribution in [0.25, 0.3) is 0 Å². The average Bonchev–Trinajstić information content (AvgIpc) is 1.88. The van der Waals surface area contributed by atoms with Gasteiger partial charge in [-0.05, 0) is 12.8 Å². The van der Waals surface area contributed by atoms with Gasteiger partial charge < -0.3 is 10.4 Å². The van der Waals surface area contributed by atoms with Gasteiger partial charge in [-0.15, -0.1) is 0 Å². The Kier molecular flexibility index (Phi) is 1.94. The van der Waals surface area contributed by atoms with Crippen molar-refractivity contribution in [3.05, 3.63) is 12.3 Å². The van der Waals surface area contributed by atoms with Gasteiger partial charge in [-0.3, -0.25) is 4.79 Å². The minimum Gasteiger partial charge on any atom is -0.481 e. The van der Waals surface area contributed by atoms with Crippen molar-refractivity contribution in [3.8, 4) is 0 Å². The third kappa shape index (κ3) is 1.50. The molecule has 3 heteroatoms. The molecule has 1 rings (SSSR count). The van der Waals surface area contributed by atoms with Gasteiger partial charge in [0.2, 0.25) is 0 Å². The summed E-state index contributed by atoms with van der Waals surface area (Å²) in [6, 6.07) is 0. The molecule has 0 spiro atoms. The third-order valence-electron chi connectivity index (χ3n) is 1.71. The highest BCUT2D eigenvalue weighted by molar-refractivity contribution is 5.70. The zero-order valence-electron chi connectivity index (χ0n) is 5.76. The summed E-state index contributed by atoms with van der Waals surface area (Å²) in [5.74, 6) is -0.920. The summed E-state index contributed by atoms with van der Waals surface area (Å²) in [6.07, 6.45) is 1.30. The molecule has 0 aromatic carbocycles. The molecule has 0 aromatic rings. The quantitative estimate of drug-likeness (QED) is 0.561. The zero-order chi connectivity index (χ0) is 7.56. The molecule has 56 valence electrons. The summed E-state index contributed by atoms with van der Waals surface area (Å²) in [7, 11) is 0. The van der Waals surface area contributed by atoms with Crippen molar-refractivity contribution in [2.45, 2.75) is 12.8 Å². The minimum absolute atomic E-state index is 0.214. The molecule has 0 amide bonds. The molecular formula is C7H11NO2. The van der Waals surface area contributed by atoms with Crippen LogP contribution in [0.2, 0.25) is 0 Å². The minimum atomic E-state index is -0.706. The number of piperidine rings is 1. The lowest BCUT2D eigenvalue weighted by atomic mass is 9.97. The summed E-state index contributed by atoms with van der Waals surface area (Å²) >= 11 is 0. The van der Waals surface area contributed by atoms with Crippen molar-refractivity contribution in [3.63, 3.8) is 0 Å². The van der Waals surface area contributed by atoms with Crippen LogP contribution in [0.1, 0.15) is 12.8 Å². The molecule has 1 aliphatic rings. The summed E-state index contributed by atoms with van der Waals surface area (Å²) in [6.45, 7) is 4.42. The molecule has 0 aliphatic carbocycles. The van der Waals surface area contributed by atoms with Crippen LogP contribution < -0.4 is 5.32 Å². The van der Waals surface area contributed by atoms with E-state index in [0.29, 0.717) is 12.8 Å². The number of hydrogen-bond donors (Lipinski definition) is 2. The Morgan fingerprint density at radius 1 is 1.80 bits per heavy atom. The number of aliphatic carboxylic acids is 1. The smallest absolute Gasteiger partial charge is 0.306 e. The van der Waals surface area contributed by atoms with E-state index < -0.39 is 5.97 Å². The Hall–Kier alpha value is -0.990. The Labute approximate surface area is 59.7 Å². The molecule has 0 radical (unpaired) electrons. The maximum absolute atomic E-state index is 10.4. The molecule has 2 N–H and O–H groups in total. The maximum Gasteiger partial charge on any atom is 0.306 e. The second-order valence-electron chi connectivity index (χ2n) is 2.56. The highest BCUT2D eigenvalue weighted by Gasteiger charge is 2.21. The number of nitrogens with one attached hydrogen (secondary N) is 1. The maximum atomic E-state index is 10.4. The molecule has 1 atom stereocenters. The number of carboxylic acid groups (broad SMARTS) is 1. The first-order valence-electron chi connectivity index (χ1n) is 3.34. The van der Waals surface area contributed by atoms with Crippen LogP contribution in [-0.2, 0) is 4.79 Å². The van der Waals surface area contributed by atoms with Gasteiger partial charge >= 0.3 is 5.97 Å². The fourth-order valence-corrected chi connectivity index (χ4v) is 1.11. The van der Waals surface area contributed by atoms with Crippen LogP contribution in [0.15, 0.2) is 12.3 Å². The first kappa shape index (κ1) is 7.12. The van der Waals surface area contributed by atoms with Gasteiger partial charge in [0.05, 0.1) is 5.92 Å². The van der Waals surface area contributed by atoms with Crippen molar-refractivity contribution in [2.24, 2.45) is 5.92 Å². The Morgan fingerprint density at radius 3 is 2.90 bits per heavy atom. The number of carboxylic acids is 1. The van der Waals surface area contributed by atoms with Crippen molar-refractivity contribution in [2.75, 3.05) is 6.54 Å². The van der Waals surface area contributed by atoms with E-state index in [0.717, 1.165) is 12.2 Å². The van der Waals surface area contributed by atoms with Crippen molar-refractivity contribution >= 4 is 5.97 Å². The van der Waals surface area contributed by atoms with Gasteiger partial charge in [0, 0.05) is 12.2 Å². The molecule has 10 heavy (non-hydrogen) atoms. The zero-order valence-corrected chi connectivity index (χ0v) is 5.76. The molecule has 1 unspecified atom stereocenters. The van der Waals surface area contributed by atoms with Gasteiger partial charge in [0.1, 0.15) is 0 Å². The average molecular weight is 141 g/mol. The van der Waals surface area contributed by atoms with Crippen LogP contribution in [-0.4, -0.2) is 17.6 Å². The lowest BCUT2D eigenvalue weighted by Gasteiger charge is -2.21. The Balaban J connectivity index is 2.47. The van der Waals surface area contributed by atoms with Gasteiger partial charge in [0.25, 0.3) is 0 Å². The van der Waals surface area contributed by atoms with E-state index in [2.05, 4.69) is 11.9 Å². The van der Waals surface area contributed by atoms with Crippen molar-refractivity contribution in [1.82, 2.24) is 5.32 Å². The Bertz CT molecular complexity index is 163. The molecule has 0 saturated carbocycles. The largest absolute Gasteiger partial charge is 0.481 e. The molecule has 3 nitrogen and oxygen atoms in total. The second kappa shape index (κ2) is 2.73. The van der Waals surface area contributed by atoms with E-state index in [1.165, 1.54) is 0 Å². The number of rotatable bonds is 1.